The monoisotopic (exact) mass is 284 g/mol. The topological polar surface area (TPSA) is 73.8 Å². The summed E-state index contributed by atoms with van der Waals surface area (Å²) < 4.78 is 14.9. The lowest BCUT2D eigenvalue weighted by molar-refractivity contribution is 0.470. The number of benzene rings is 2. The zero-order valence-electron chi connectivity index (χ0n) is 11.1. The molecule has 2 aromatic carbocycles. The third-order valence-corrected chi connectivity index (χ3v) is 3.30. The highest BCUT2D eigenvalue weighted by Gasteiger charge is 2.14. The Labute approximate surface area is 119 Å². The summed E-state index contributed by atoms with van der Waals surface area (Å²) in [7, 11) is 0. The van der Waals surface area contributed by atoms with Gasteiger partial charge in [0.15, 0.2) is 0 Å². The highest BCUT2D eigenvalue weighted by molar-refractivity contribution is 5.76. The van der Waals surface area contributed by atoms with Gasteiger partial charge in [-0.05, 0) is 18.2 Å². The number of hydrogen-bond acceptors (Lipinski definition) is 4. The van der Waals surface area contributed by atoms with Gasteiger partial charge in [0.05, 0.1) is 18.0 Å². The van der Waals surface area contributed by atoms with Crippen LogP contribution in [0.5, 0.6) is 0 Å². The predicted molar refractivity (Wildman–Crippen MR) is 77.1 cm³/mol. The summed E-state index contributed by atoms with van der Waals surface area (Å²) in [5.41, 5.74) is 6.56. The molecule has 3 rings (SSSR count). The van der Waals surface area contributed by atoms with Crippen LogP contribution in [0.1, 0.15) is 11.6 Å². The third kappa shape index (κ3) is 2.53. The van der Waals surface area contributed by atoms with Crippen LogP contribution < -0.4 is 11.3 Å². The van der Waals surface area contributed by atoms with E-state index in [4.69, 9.17) is 5.73 Å². The molecule has 1 heterocycles. The number of nitrogens with zero attached hydrogens (tertiary/aromatic N) is 3. The molecule has 0 saturated carbocycles. The average molecular weight is 284 g/mol. The standard InChI is InChI=1S/C15H13FN4O/c16-12-7-3-1-5-10(12)13(17)9-20-15(21)11-6-2-4-8-14(11)18-19-20/h1-8,13H,9,17H2. The van der Waals surface area contributed by atoms with Crippen LogP contribution in [-0.2, 0) is 6.54 Å². The number of rotatable bonds is 3. The van der Waals surface area contributed by atoms with Crippen LogP contribution >= 0.6 is 0 Å². The fraction of sp³-hybridized carbons (Fsp3) is 0.133. The van der Waals surface area contributed by atoms with E-state index in [0.29, 0.717) is 16.5 Å². The van der Waals surface area contributed by atoms with Gasteiger partial charge >= 0.3 is 0 Å². The van der Waals surface area contributed by atoms with Gasteiger partial charge < -0.3 is 5.73 Å². The van der Waals surface area contributed by atoms with E-state index in [2.05, 4.69) is 10.3 Å². The van der Waals surface area contributed by atoms with E-state index >= 15 is 0 Å². The first-order valence-corrected chi connectivity index (χ1v) is 6.49. The van der Waals surface area contributed by atoms with Crippen molar-refractivity contribution < 1.29 is 4.39 Å². The molecule has 3 aromatic rings. The molecule has 2 N–H and O–H groups in total. The molecule has 0 aliphatic heterocycles. The Morgan fingerprint density at radius 2 is 1.86 bits per heavy atom. The highest BCUT2D eigenvalue weighted by atomic mass is 19.1. The van der Waals surface area contributed by atoms with Gasteiger partial charge in [-0.25, -0.2) is 9.07 Å². The van der Waals surface area contributed by atoms with Crippen LogP contribution in [0.15, 0.2) is 53.3 Å². The van der Waals surface area contributed by atoms with Crippen molar-refractivity contribution in [3.8, 4) is 0 Å². The lowest BCUT2D eigenvalue weighted by Crippen LogP contribution is -2.30. The first-order chi connectivity index (χ1) is 10.2. The summed E-state index contributed by atoms with van der Waals surface area (Å²) >= 11 is 0. The van der Waals surface area contributed by atoms with E-state index in [1.54, 1.807) is 42.5 Å². The molecular weight excluding hydrogens is 271 g/mol. The second kappa shape index (κ2) is 5.41. The number of fused-ring (bicyclic) bond motifs is 1. The Hall–Kier alpha value is -2.60. The van der Waals surface area contributed by atoms with E-state index in [1.165, 1.54) is 10.7 Å². The molecule has 0 aliphatic carbocycles. The maximum absolute atomic E-state index is 13.7. The second-order valence-corrected chi connectivity index (χ2v) is 4.72. The molecule has 0 aliphatic rings. The summed E-state index contributed by atoms with van der Waals surface area (Å²) in [6, 6.07) is 12.5. The average Bonchev–Trinajstić information content (AvgIpc) is 2.51. The van der Waals surface area contributed by atoms with Crippen molar-refractivity contribution in [3.63, 3.8) is 0 Å². The zero-order valence-corrected chi connectivity index (χ0v) is 11.1. The SMILES string of the molecule is NC(Cn1nnc2ccccc2c1=O)c1ccccc1F. The van der Waals surface area contributed by atoms with Crippen LogP contribution in [0.25, 0.3) is 10.9 Å². The summed E-state index contributed by atoms with van der Waals surface area (Å²) in [5, 5.41) is 8.29. The maximum Gasteiger partial charge on any atom is 0.277 e. The molecule has 0 bridgehead atoms. The highest BCUT2D eigenvalue weighted by Crippen LogP contribution is 2.15. The van der Waals surface area contributed by atoms with Crippen LogP contribution in [-0.4, -0.2) is 15.0 Å². The molecule has 106 valence electrons. The van der Waals surface area contributed by atoms with Crippen LogP contribution in [0.4, 0.5) is 4.39 Å². The Bertz CT molecular complexity index is 846. The fourth-order valence-electron chi connectivity index (χ4n) is 2.20. The number of nitrogens with two attached hydrogens (primary N) is 1. The van der Waals surface area contributed by atoms with Crippen molar-refractivity contribution >= 4 is 10.9 Å². The lowest BCUT2D eigenvalue weighted by Gasteiger charge is -2.13. The molecule has 0 fully saturated rings. The van der Waals surface area contributed by atoms with E-state index in [9.17, 15) is 9.18 Å². The van der Waals surface area contributed by atoms with Crippen molar-refractivity contribution in [2.75, 3.05) is 0 Å². The Balaban J connectivity index is 1.97. The van der Waals surface area contributed by atoms with E-state index in [0.717, 1.165) is 0 Å². The van der Waals surface area contributed by atoms with Gasteiger partial charge in [-0.15, -0.1) is 5.10 Å². The summed E-state index contributed by atoms with van der Waals surface area (Å²) in [4.78, 5) is 12.3. The van der Waals surface area contributed by atoms with Gasteiger partial charge in [0.25, 0.3) is 5.56 Å². The minimum Gasteiger partial charge on any atom is -0.322 e. The van der Waals surface area contributed by atoms with Crippen LogP contribution in [0, 0.1) is 5.82 Å². The number of halogens is 1. The molecule has 1 atom stereocenters. The quantitative estimate of drug-likeness (QED) is 0.793. The molecule has 5 nitrogen and oxygen atoms in total. The lowest BCUT2D eigenvalue weighted by atomic mass is 10.1. The summed E-state index contributed by atoms with van der Waals surface area (Å²) in [6.07, 6.45) is 0. The molecule has 21 heavy (non-hydrogen) atoms. The second-order valence-electron chi connectivity index (χ2n) is 4.72. The van der Waals surface area contributed by atoms with Gasteiger partial charge in [-0.3, -0.25) is 4.79 Å². The third-order valence-electron chi connectivity index (χ3n) is 3.30. The largest absolute Gasteiger partial charge is 0.322 e. The Morgan fingerprint density at radius 3 is 2.67 bits per heavy atom. The molecular formula is C15H13FN4O. The predicted octanol–water partition coefficient (Wildman–Crippen LogP) is 1.63. The van der Waals surface area contributed by atoms with Crippen molar-refractivity contribution in [2.45, 2.75) is 12.6 Å². The van der Waals surface area contributed by atoms with E-state index in [1.807, 2.05) is 0 Å². The van der Waals surface area contributed by atoms with E-state index in [-0.39, 0.29) is 12.1 Å². The molecule has 6 heteroatoms. The maximum atomic E-state index is 13.7. The van der Waals surface area contributed by atoms with Gasteiger partial charge in [-0.1, -0.05) is 35.5 Å². The van der Waals surface area contributed by atoms with Crippen LogP contribution in [0.3, 0.4) is 0 Å². The van der Waals surface area contributed by atoms with E-state index < -0.39 is 11.9 Å². The van der Waals surface area contributed by atoms with Crippen molar-refractivity contribution in [1.82, 2.24) is 15.0 Å². The molecule has 1 unspecified atom stereocenters. The molecule has 0 radical (unpaired) electrons. The molecule has 0 saturated heterocycles. The smallest absolute Gasteiger partial charge is 0.277 e. The normalized spacial score (nSPS) is 12.5. The molecule has 0 amide bonds. The van der Waals surface area contributed by atoms with Crippen molar-refractivity contribution in [3.05, 3.63) is 70.3 Å². The van der Waals surface area contributed by atoms with Crippen molar-refractivity contribution in [1.29, 1.82) is 0 Å². The Kier molecular flexibility index (Phi) is 3.45. The minimum absolute atomic E-state index is 0.0671. The van der Waals surface area contributed by atoms with Gasteiger partial charge in [-0.2, -0.15) is 0 Å². The number of hydrogen-bond donors (Lipinski definition) is 1. The fourth-order valence-corrected chi connectivity index (χ4v) is 2.20. The molecule has 0 spiro atoms. The Morgan fingerprint density at radius 1 is 1.14 bits per heavy atom. The van der Waals surface area contributed by atoms with Gasteiger partial charge in [0.2, 0.25) is 0 Å². The van der Waals surface area contributed by atoms with Crippen molar-refractivity contribution in [2.24, 2.45) is 5.73 Å². The van der Waals surface area contributed by atoms with Crippen LogP contribution in [0.2, 0.25) is 0 Å². The summed E-state index contributed by atoms with van der Waals surface area (Å²) in [6.45, 7) is 0.0671. The minimum atomic E-state index is -0.667. The first-order valence-electron chi connectivity index (χ1n) is 6.49. The molecule has 1 aromatic heterocycles. The van der Waals surface area contributed by atoms with Gasteiger partial charge in [0.1, 0.15) is 11.3 Å². The zero-order chi connectivity index (χ0) is 14.8. The number of aromatic nitrogens is 3. The summed E-state index contributed by atoms with van der Waals surface area (Å²) in [5.74, 6) is -0.396. The first kappa shape index (κ1) is 13.4. The van der Waals surface area contributed by atoms with Gasteiger partial charge in [0, 0.05) is 5.56 Å².